The summed E-state index contributed by atoms with van der Waals surface area (Å²) in [5, 5.41) is 10.9. The summed E-state index contributed by atoms with van der Waals surface area (Å²) >= 11 is 0. The summed E-state index contributed by atoms with van der Waals surface area (Å²) in [6.45, 7) is 2.15. The number of hydrogen-bond donors (Lipinski definition) is 2. The topological polar surface area (TPSA) is 36.0 Å². The first-order valence-electron chi connectivity index (χ1n) is 6.50. The van der Waals surface area contributed by atoms with Crippen molar-refractivity contribution in [2.45, 2.75) is 44.6 Å². The van der Waals surface area contributed by atoms with Gasteiger partial charge in [-0.3, -0.25) is 0 Å². The van der Waals surface area contributed by atoms with Gasteiger partial charge in [-0.15, -0.1) is 0 Å². The predicted molar refractivity (Wildman–Crippen MR) is 70.3 cm³/mol. The molecule has 90 valence electrons. The Bertz CT molecular complexity index is 521. The van der Waals surface area contributed by atoms with Crippen LogP contribution in [-0.2, 0) is 0 Å². The molecule has 2 nitrogen and oxygen atoms in total. The molecule has 2 heteroatoms. The molecule has 0 atom stereocenters. The van der Waals surface area contributed by atoms with E-state index in [1.54, 1.807) is 0 Å². The van der Waals surface area contributed by atoms with Crippen molar-refractivity contribution in [2.24, 2.45) is 0 Å². The lowest BCUT2D eigenvalue weighted by atomic mass is 9.82. The van der Waals surface area contributed by atoms with Crippen LogP contribution in [0, 0.1) is 6.92 Å². The minimum atomic E-state index is -0.0658. The molecule has 2 N–H and O–H groups in total. The molecule has 1 heterocycles. The van der Waals surface area contributed by atoms with Crippen LogP contribution < -0.4 is 0 Å². The number of aromatic nitrogens is 1. The summed E-state index contributed by atoms with van der Waals surface area (Å²) < 4.78 is 0. The quantitative estimate of drug-likeness (QED) is 0.771. The molecule has 0 aliphatic heterocycles. The van der Waals surface area contributed by atoms with E-state index in [0.717, 1.165) is 25.7 Å². The minimum Gasteiger partial charge on any atom is -0.393 e. The van der Waals surface area contributed by atoms with E-state index >= 15 is 0 Å². The van der Waals surface area contributed by atoms with Crippen LogP contribution >= 0.6 is 0 Å². The largest absolute Gasteiger partial charge is 0.393 e. The van der Waals surface area contributed by atoms with E-state index in [-0.39, 0.29) is 6.10 Å². The predicted octanol–water partition coefficient (Wildman–Crippen LogP) is 3.49. The fourth-order valence-electron chi connectivity index (χ4n) is 2.94. The van der Waals surface area contributed by atoms with Crippen molar-refractivity contribution < 1.29 is 5.11 Å². The molecule has 17 heavy (non-hydrogen) atoms. The van der Waals surface area contributed by atoms with Crippen LogP contribution in [0.1, 0.15) is 42.7 Å². The van der Waals surface area contributed by atoms with E-state index in [1.807, 2.05) is 0 Å². The van der Waals surface area contributed by atoms with Crippen molar-refractivity contribution in [1.29, 1.82) is 0 Å². The van der Waals surface area contributed by atoms with Crippen LogP contribution in [0.2, 0.25) is 0 Å². The van der Waals surface area contributed by atoms with Crippen molar-refractivity contribution in [1.82, 2.24) is 4.98 Å². The lowest BCUT2D eigenvalue weighted by Gasteiger charge is -2.25. The van der Waals surface area contributed by atoms with Gasteiger partial charge in [0.25, 0.3) is 0 Å². The van der Waals surface area contributed by atoms with Crippen molar-refractivity contribution in [3.05, 3.63) is 35.5 Å². The van der Waals surface area contributed by atoms with E-state index in [1.165, 1.54) is 22.0 Å². The first kappa shape index (κ1) is 10.8. The van der Waals surface area contributed by atoms with Gasteiger partial charge in [0, 0.05) is 17.1 Å². The van der Waals surface area contributed by atoms with Crippen molar-refractivity contribution in [3.8, 4) is 0 Å². The highest BCUT2D eigenvalue weighted by atomic mass is 16.3. The van der Waals surface area contributed by atoms with Gasteiger partial charge in [0.05, 0.1) is 6.10 Å². The summed E-state index contributed by atoms with van der Waals surface area (Å²) in [7, 11) is 0. The minimum absolute atomic E-state index is 0.0658. The van der Waals surface area contributed by atoms with Crippen LogP contribution in [-0.4, -0.2) is 16.2 Å². The molecule has 0 bridgehead atoms. The van der Waals surface area contributed by atoms with Gasteiger partial charge in [-0.05, 0) is 61.8 Å². The number of H-pyrrole nitrogens is 1. The second-order valence-corrected chi connectivity index (χ2v) is 5.28. The van der Waals surface area contributed by atoms with Crippen molar-refractivity contribution in [2.75, 3.05) is 0 Å². The second kappa shape index (κ2) is 4.19. The number of benzene rings is 1. The molecule has 1 aromatic carbocycles. The Morgan fingerprint density at radius 1 is 1.18 bits per heavy atom. The maximum Gasteiger partial charge on any atom is 0.0540 e. The second-order valence-electron chi connectivity index (χ2n) is 5.28. The highest BCUT2D eigenvalue weighted by Gasteiger charge is 2.20. The van der Waals surface area contributed by atoms with Gasteiger partial charge < -0.3 is 10.1 Å². The zero-order chi connectivity index (χ0) is 11.8. The van der Waals surface area contributed by atoms with Crippen LogP contribution in [0.25, 0.3) is 10.9 Å². The first-order valence-corrected chi connectivity index (χ1v) is 6.50. The summed E-state index contributed by atoms with van der Waals surface area (Å²) in [6, 6.07) is 6.74. The van der Waals surface area contributed by atoms with E-state index in [2.05, 4.69) is 36.3 Å². The molecule has 1 fully saturated rings. The van der Waals surface area contributed by atoms with Gasteiger partial charge in [-0.2, -0.15) is 0 Å². The highest BCUT2D eigenvalue weighted by Crippen LogP contribution is 2.34. The highest BCUT2D eigenvalue weighted by molar-refractivity contribution is 5.83. The standard InChI is InChI=1S/C15H19NO/c1-10-9-16-15-7-4-12(8-14(10)15)11-2-5-13(17)6-3-11/h4,7-9,11,13,16-17H,2-3,5-6H2,1H3. The summed E-state index contributed by atoms with van der Waals surface area (Å²) in [4.78, 5) is 3.29. The van der Waals surface area contributed by atoms with Gasteiger partial charge >= 0.3 is 0 Å². The summed E-state index contributed by atoms with van der Waals surface area (Å²) in [6.07, 6.45) is 6.15. The van der Waals surface area contributed by atoms with Gasteiger partial charge in [-0.25, -0.2) is 0 Å². The van der Waals surface area contributed by atoms with E-state index in [9.17, 15) is 5.11 Å². The Morgan fingerprint density at radius 2 is 1.94 bits per heavy atom. The third-order valence-electron chi connectivity index (χ3n) is 4.08. The van der Waals surface area contributed by atoms with Crippen LogP contribution in [0.4, 0.5) is 0 Å². The van der Waals surface area contributed by atoms with Gasteiger partial charge in [0.1, 0.15) is 0 Å². The van der Waals surface area contributed by atoms with E-state index in [4.69, 9.17) is 0 Å². The normalized spacial score (nSPS) is 25.3. The number of aryl methyl sites for hydroxylation is 1. The molecule has 1 aromatic heterocycles. The number of rotatable bonds is 1. The molecule has 0 saturated heterocycles. The number of fused-ring (bicyclic) bond motifs is 1. The van der Waals surface area contributed by atoms with E-state index < -0.39 is 0 Å². The average molecular weight is 229 g/mol. The SMILES string of the molecule is Cc1c[nH]c2ccc(C3CCC(O)CC3)cc12. The maximum absolute atomic E-state index is 9.55. The van der Waals surface area contributed by atoms with Gasteiger partial charge in [0.2, 0.25) is 0 Å². The lowest BCUT2D eigenvalue weighted by molar-refractivity contribution is 0.122. The molecule has 0 radical (unpaired) electrons. The summed E-state index contributed by atoms with van der Waals surface area (Å²) in [5.41, 5.74) is 3.98. The van der Waals surface area contributed by atoms with E-state index in [0.29, 0.717) is 5.92 Å². The number of hydrogen-bond acceptors (Lipinski definition) is 1. The number of aromatic amines is 1. The smallest absolute Gasteiger partial charge is 0.0540 e. The van der Waals surface area contributed by atoms with Crippen LogP contribution in [0.15, 0.2) is 24.4 Å². The molecule has 2 aromatic rings. The van der Waals surface area contributed by atoms with Crippen molar-refractivity contribution in [3.63, 3.8) is 0 Å². The molecule has 0 unspecified atom stereocenters. The third kappa shape index (κ3) is 1.98. The molecule has 0 amide bonds. The Morgan fingerprint density at radius 3 is 2.71 bits per heavy atom. The third-order valence-corrected chi connectivity index (χ3v) is 4.08. The Labute approximate surface area is 102 Å². The fraction of sp³-hybridized carbons (Fsp3) is 0.467. The van der Waals surface area contributed by atoms with Crippen LogP contribution in [0.3, 0.4) is 0 Å². The molecule has 1 aliphatic carbocycles. The molecule has 1 saturated carbocycles. The number of aliphatic hydroxyl groups is 1. The van der Waals surface area contributed by atoms with Crippen LogP contribution in [0.5, 0.6) is 0 Å². The maximum atomic E-state index is 9.55. The summed E-state index contributed by atoms with van der Waals surface area (Å²) in [5.74, 6) is 0.636. The number of nitrogens with one attached hydrogen (secondary N) is 1. The number of aliphatic hydroxyl groups excluding tert-OH is 1. The molecular formula is C15H19NO. The fourth-order valence-corrected chi connectivity index (χ4v) is 2.94. The average Bonchev–Trinajstić information content (AvgIpc) is 2.72. The lowest BCUT2D eigenvalue weighted by Crippen LogP contribution is -2.16. The molecule has 1 aliphatic rings. The molecular weight excluding hydrogens is 210 g/mol. The monoisotopic (exact) mass is 229 g/mol. The first-order chi connectivity index (χ1) is 8.24. The molecule has 3 rings (SSSR count). The molecule has 0 spiro atoms. The Hall–Kier alpha value is -1.28. The van der Waals surface area contributed by atoms with Crippen molar-refractivity contribution >= 4 is 10.9 Å². The zero-order valence-electron chi connectivity index (χ0n) is 10.2. The van der Waals surface area contributed by atoms with Gasteiger partial charge in [-0.1, -0.05) is 6.07 Å². The van der Waals surface area contributed by atoms with Gasteiger partial charge in [0.15, 0.2) is 0 Å². The Balaban J connectivity index is 1.92. The zero-order valence-corrected chi connectivity index (χ0v) is 10.2. The Kier molecular flexibility index (Phi) is 2.67.